The van der Waals surface area contributed by atoms with Gasteiger partial charge in [0.15, 0.2) is 0 Å². The second kappa shape index (κ2) is 6.11. The van der Waals surface area contributed by atoms with Crippen molar-refractivity contribution in [2.75, 3.05) is 19.7 Å². The van der Waals surface area contributed by atoms with E-state index in [9.17, 15) is 0 Å². The summed E-state index contributed by atoms with van der Waals surface area (Å²) in [7, 11) is 0. The fraction of sp³-hybridized carbons (Fsp3) is 1.00. The van der Waals surface area contributed by atoms with E-state index in [4.69, 9.17) is 10.5 Å². The molecule has 2 rings (SSSR count). The van der Waals surface area contributed by atoms with Gasteiger partial charge in [-0.1, -0.05) is 20.8 Å². The van der Waals surface area contributed by atoms with Crippen molar-refractivity contribution in [2.24, 2.45) is 17.6 Å². The first-order chi connectivity index (χ1) is 9.00. The van der Waals surface area contributed by atoms with Gasteiger partial charge in [0.05, 0.1) is 6.10 Å². The van der Waals surface area contributed by atoms with E-state index in [0.717, 1.165) is 31.9 Å². The number of likely N-dealkylation sites (tertiary alicyclic amines) is 1. The SMILES string of the molecule is CC(C)C1CC(CN)(N2CCCC(C)C2C)CCO1. The Morgan fingerprint density at radius 2 is 2.11 bits per heavy atom. The molecule has 2 N–H and O–H groups in total. The van der Waals surface area contributed by atoms with Crippen LogP contribution in [0.4, 0.5) is 0 Å². The molecule has 0 aromatic heterocycles. The highest BCUT2D eigenvalue weighted by Crippen LogP contribution is 2.38. The monoisotopic (exact) mass is 268 g/mol. The van der Waals surface area contributed by atoms with Gasteiger partial charge in [0, 0.05) is 24.7 Å². The van der Waals surface area contributed by atoms with Gasteiger partial charge in [0.1, 0.15) is 0 Å². The van der Waals surface area contributed by atoms with Gasteiger partial charge in [-0.25, -0.2) is 0 Å². The van der Waals surface area contributed by atoms with E-state index in [2.05, 4.69) is 32.6 Å². The molecule has 112 valence electrons. The van der Waals surface area contributed by atoms with Gasteiger partial charge in [0.2, 0.25) is 0 Å². The Morgan fingerprint density at radius 3 is 2.74 bits per heavy atom. The van der Waals surface area contributed by atoms with Crippen LogP contribution in [0.3, 0.4) is 0 Å². The normalized spacial score (nSPS) is 41.7. The Hall–Kier alpha value is -0.120. The zero-order chi connectivity index (χ0) is 14.0. The van der Waals surface area contributed by atoms with E-state index in [0.29, 0.717) is 18.1 Å². The minimum absolute atomic E-state index is 0.182. The highest BCUT2D eigenvalue weighted by atomic mass is 16.5. The number of nitrogens with two attached hydrogens (primary N) is 1. The molecule has 0 aromatic carbocycles. The molecule has 2 fully saturated rings. The lowest BCUT2D eigenvalue weighted by molar-refractivity contribution is -0.109. The summed E-state index contributed by atoms with van der Waals surface area (Å²) in [6.45, 7) is 12.2. The maximum atomic E-state index is 6.24. The summed E-state index contributed by atoms with van der Waals surface area (Å²) in [5, 5.41) is 0. The van der Waals surface area contributed by atoms with E-state index in [-0.39, 0.29) is 5.54 Å². The van der Waals surface area contributed by atoms with E-state index in [1.54, 1.807) is 0 Å². The second-order valence-electron chi connectivity index (χ2n) is 7.09. The highest BCUT2D eigenvalue weighted by molar-refractivity contribution is 5.00. The first kappa shape index (κ1) is 15.3. The van der Waals surface area contributed by atoms with Gasteiger partial charge in [-0.15, -0.1) is 0 Å². The molecule has 0 aromatic rings. The summed E-state index contributed by atoms with van der Waals surface area (Å²) in [6.07, 6.45) is 5.27. The number of piperidine rings is 1. The largest absolute Gasteiger partial charge is 0.378 e. The van der Waals surface area contributed by atoms with Crippen LogP contribution >= 0.6 is 0 Å². The highest BCUT2D eigenvalue weighted by Gasteiger charge is 2.45. The van der Waals surface area contributed by atoms with Crippen LogP contribution < -0.4 is 5.73 Å². The molecule has 2 saturated heterocycles. The van der Waals surface area contributed by atoms with Crippen LogP contribution in [0.1, 0.15) is 53.4 Å². The summed E-state index contributed by atoms with van der Waals surface area (Å²) in [5.41, 5.74) is 6.42. The van der Waals surface area contributed by atoms with Crippen molar-refractivity contribution >= 4 is 0 Å². The number of rotatable bonds is 3. The average Bonchev–Trinajstić information content (AvgIpc) is 2.41. The molecule has 19 heavy (non-hydrogen) atoms. The quantitative estimate of drug-likeness (QED) is 0.855. The molecule has 2 aliphatic heterocycles. The van der Waals surface area contributed by atoms with Crippen LogP contribution in [0.5, 0.6) is 0 Å². The standard InChI is InChI=1S/C16H32N2O/c1-12(2)15-10-16(11-17,7-9-19-15)18-8-5-6-13(3)14(18)4/h12-15H,5-11,17H2,1-4H3. The third kappa shape index (κ3) is 2.98. The fourth-order valence-corrected chi connectivity index (χ4v) is 3.93. The number of nitrogens with zero attached hydrogens (tertiary/aromatic N) is 1. The van der Waals surface area contributed by atoms with Crippen molar-refractivity contribution in [1.82, 2.24) is 4.90 Å². The topological polar surface area (TPSA) is 38.5 Å². The van der Waals surface area contributed by atoms with Crippen LogP contribution in [0.25, 0.3) is 0 Å². The van der Waals surface area contributed by atoms with Crippen molar-refractivity contribution < 1.29 is 4.74 Å². The summed E-state index contributed by atoms with van der Waals surface area (Å²) in [5.74, 6) is 1.38. The van der Waals surface area contributed by atoms with Gasteiger partial charge < -0.3 is 10.5 Å². The summed E-state index contributed by atoms with van der Waals surface area (Å²) in [4.78, 5) is 2.72. The smallest absolute Gasteiger partial charge is 0.0616 e. The van der Waals surface area contributed by atoms with Crippen LogP contribution in [-0.4, -0.2) is 42.3 Å². The molecular weight excluding hydrogens is 236 g/mol. The summed E-state index contributed by atoms with van der Waals surface area (Å²) < 4.78 is 5.97. The Labute approximate surface area is 118 Å². The minimum atomic E-state index is 0.182. The molecule has 0 aliphatic carbocycles. The van der Waals surface area contributed by atoms with E-state index in [1.165, 1.54) is 19.4 Å². The fourth-order valence-electron chi connectivity index (χ4n) is 3.93. The maximum Gasteiger partial charge on any atom is 0.0616 e. The van der Waals surface area contributed by atoms with E-state index < -0.39 is 0 Å². The molecule has 0 saturated carbocycles. The zero-order valence-electron chi connectivity index (χ0n) is 13.2. The summed E-state index contributed by atoms with van der Waals surface area (Å²) >= 11 is 0. The number of ether oxygens (including phenoxy) is 1. The van der Waals surface area contributed by atoms with E-state index >= 15 is 0 Å². The molecule has 0 spiro atoms. The van der Waals surface area contributed by atoms with Crippen molar-refractivity contribution in [2.45, 2.75) is 71.1 Å². The zero-order valence-corrected chi connectivity index (χ0v) is 13.2. The van der Waals surface area contributed by atoms with Gasteiger partial charge in [0.25, 0.3) is 0 Å². The average molecular weight is 268 g/mol. The lowest BCUT2D eigenvalue weighted by Gasteiger charge is -2.54. The van der Waals surface area contributed by atoms with Gasteiger partial charge >= 0.3 is 0 Å². The predicted octanol–water partition coefficient (Wildman–Crippen LogP) is 2.64. The van der Waals surface area contributed by atoms with Gasteiger partial charge in [-0.05, 0) is 51.0 Å². The lowest BCUT2D eigenvalue weighted by atomic mass is 9.78. The third-order valence-corrected chi connectivity index (χ3v) is 5.59. The van der Waals surface area contributed by atoms with Crippen molar-refractivity contribution in [1.29, 1.82) is 0 Å². The summed E-state index contributed by atoms with van der Waals surface area (Å²) in [6, 6.07) is 0.656. The van der Waals surface area contributed by atoms with Gasteiger partial charge in [-0.3, -0.25) is 4.90 Å². The molecular formula is C16H32N2O. The van der Waals surface area contributed by atoms with Crippen molar-refractivity contribution in [3.8, 4) is 0 Å². The second-order valence-corrected chi connectivity index (χ2v) is 7.09. The van der Waals surface area contributed by atoms with Crippen LogP contribution in [0.15, 0.2) is 0 Å². The molecule has 4 unspecified atom stereocenters. The molecule has 0 radical (unpaired) electrons. The lowest BCUT2D eigenvalue weighted by Crippen LogP contribution is -2.63. The third-order valence-electron chi connectivity index (χ3n) is 5.59. The molecule has 2 aliphatic rings. The Morgan fingerprint density at radius 1 is 1.37 bits per heavy atom. The Balaban J connectivity index is 2.16. The van der Waals surface area contributed by atoms with Crippen LogP contribution in [0, 0.1) is 11.8 Å². The molecule has 3 nitrogen and oxygen atoms in total. The Bertz CT molecular complexity index is 294. The predicted molar refractivity (Wildman–Crippen MR) is 80.2 cm³/mol. The molecule has 0 amide bonds. The van der Waals surface area contributed by atoms with Crippen LogP contribution in [0.2, 0.25) is 0 Å². The molecule has 0 bridgehead atoms. The first-order valence-corrected chi connectivity index (χ1v) is 8.08. The van der Waals surface area contributed by atoms with Crippen molar-refractivity contribution in [3.63, 3.8) is 0 Å². The molecule has 4 atom stereocenters. The van der Waals surface area contributed by atoms with Gasteiger partial charge in [-0.2, -0.15) is 0 Å². The first-order valence-electron chi connectivity index (χ1n) is 8.08. The number of hydrogen-bond acceptors (Lipinski definition) is 3. The number of hydrogen-bond donors (Lipinski definition) is 1. The minimum Gasteiger partial charge on any atom is -0.378 e. The van der Waals surface area contributed by atoms with Crippen LogP contribution in [-0.2, 0) is 4.74 Å². The van der Waals surface area contributed by atoms with E-state index in [1.807, 2.05) is 0 Å². The maximum absolute atomic E-state index is 6.24. The molecule has 2 heterocycles. The Kier molecular flexibility index (Phi) is 4.91. The molecule has 3 heteroatoms. The van der Waals surface area contributed by atoms with Crippen molar-refractivity contribution in [3.05, 3.63) is 0 Å².